The van der Waals surface area contributed by atoms with Crippen LogP contribution in [0.1, 0.15) is 41.5 Å². The molecule has 0 saturated heterocycles. The number of carbonyl (C=O) groups is 1. The quantitative estimate of drug-likeness (QED) is 0.441. The summed E-state index contributed by atoms with van der Waals surface area (Å²) in [7, 11) is -1.55. The number of likely N-dealkylation sites (N-methyl/N-ethyl adjacent to an activating group) is 1. The number of amides is 1. The maximum absolute atomic E-state index is 12.0. The van der Waals surface area contributed by atoms with Crippen molar-refractivity contribution in [1.82, 2.24) is 20.3 Å². The van der Waals surface area contributed by atoms with Gasteiger partial charge in [0.1, 0.15) is 0 Å². The Morgan fingerprint density at radius 2 is 1.71 bits per heavy atom. The molecule has 9 heteroatoms. The average Bonchev–Trinajstić information content (AvgIpc) is 2.28. The third-order valence-electron chi connectivity index (χ3n) is 2.68. The van der Waals surface area contributed by atoms with Gasteiger partial charge in [-0.3, -0.25) is 9.79 Å². The van der Waals surface area contributed by atoms with E-state index in [9.17, 15) is 13.2 Å². The Hall–Kier alpha value is -1.35. The van der Waals surface area contributed by atoms with Crippen LogP contribution in [0.4, 0.5) is 0 Å². The van der Waals surface area contributed by atoms with Crippen molar-refractivity contribution in [3.05, 3.63) is 0 Å². The smallest absolute Gasteiger partial charge is 0.240 e. The van der Waals surface area contributed by atoms with Gasteiger partial charge in [-0.25, -0.2) is 13.1 Å². The molecule has 0 aliphatic rings. The molecule has 142 valence electrons. The Balaban J connectivity index is 4.97. The van der Waals surface area contributed by atoms with Gasteiger partial charge in [0.15, 0.2) is 5.96 Å². The second kappa shape index (κ2) is 8.66. The lowest BCUT2D eigenvalue weighted by Gasteiger charge is -2.27. The Morgan fingerprint density at radius 3 is 2.12 bits per heavy atom. The molecule has 8 nitrogen and oxygen atoms in total. The summed E-state index contributed by atoms with van der Waals surface area (Å²) in [5.41, 5.74) is -1.02. The van der Waals surface area contributed by atoms with Crippen LogP contribution in [-0.2, 0) is 14.8 Å². The standard InChI is InChI=1S/C15H33N5O3S/c1-9-16-13(17-11-15(5,6)19-24(8,22)23)20(7)10-12(21)18-14(2,3)4/h19H,9-11H2,1-8H3,(H,16,17)(H,18,21). The molecule has 0 aromatic heterocycles. The molecule has 0 saturated carbocycles. The van der Waals surface area contributed by atoms with E-state index in [1.807, 2.05) is 27.7 Å². The zero-order valence-electron chi connectivity index (χ0n) is 16.1. The maximum atomic E-state index is 12.0. The van der Waals surface area contributed by atoms with E-state index in [-0.39, 0.29) is 24.5 Å². The van der Waals surface area contributed by atoms with E-state index in [4.69, 9.17) is 0 Å². The molecule has 0 bridgehead atoms. The van der Waals surface area contributed by atoms with Crippen molar-refractivity contribution in [1.29, 1.82) is 0 Å². The molecule has 0 fully saturated rings. The molecule has 0 aromatic carbocycles. The number of rotatable bonds is 7. The highest BCUT2D eigenvalue weighted by atomic mass is 32.2. The third kappa shape index (κ3) is 11.2. The Labute approximate surface area is 146 Å². The molecule has 0 aliphatic heterocycles. The van der Waals surface area contributed by atoms with Crippen LogP contribution in [0.25, 0.3) is 0 Å². The summed E-state index contributed by atoms with van der Waals surface area (Å²) in [6.45, 7) is 12.2. The van der Waals surface area contributed by atoms with E-state index < -0.39 is 15.6 Å². The van der Waals surface area contributed by atoms with Crippen molar-refractivity contribution in [2.24, 2.45) is 4.99 Å². The summed E-state index contributed by atoms with van der Waals surface area (Å²) in [6, 6.07) is 0. The van der Waals surface area contributed by atoms with Crippen LogP contribution in [0.2, 0.25) is 0 Å². The summed E-state index contributed by atoms with van der Waals surface area (Å²) in [5.74, 6) is 0.439. The molecular weight excluding hydrogens is 330 g/mol. The highest BCUT2D eigenvalue weighted by molar-refractivity contribution is 7.88. The second-order valence-electron chi connectivity index (χ2n) is 7.58. The van der Waals surface area contributed by atoms with E-state index in [1.165, 1.54) is 0 Å². The van der Waals surface area contributed by atoms with Gasteiger partial charge in [-0.2, -0.15) is 0 Å². The van der Waals surface area contributed by atoms with Gasteiger partial charge in [-0.05, 0) is 41.5 Å². The fourth-order valence-electron chi connectivity index (χ4n) is 2.02. The van der Waals surface area contributed by atoms with Crippen molar-refractivity contribution in [2.75, 3.05) is 32.9 Å². The topological polar surface area (TPSA) is 103 Å². The number of guanidine groups is 1. The molecule has 0 aromatic rings. The van der Waals surface area contributed by atoms with Crippen molar-refractivity contribution in [3.8, 4) is 0 Å². The van der Waals surface area contributed by atoms with E-state index in [1.54, 1.807) is 25.8 Å². The molecule has 3 N–H and O–H groups in total. The predicted octanol–water partition coefficient (Wildman–Crippen LogP) is 0.126. The normalized spacial score (nSPS) is 13.6. The van der Waals surface area contributed by atoms with E-state index >= 15 is 0 Å². The number of aliphatic imine (C=N–C) groups is 1. The van der Waals surface area contributed by atoms with Gasteiger partial charge in [-0.1, -0.05) is 0 Å². The fraction of sp³-hybridized carbons (Fsp3) is 0.867. The van der Waals surface area contributed by atoms with Gasteiger partial charge in [0.25, 0.3) is 0 Å². The number of nitrogens with one attached hydrogen (secondary N) is 3. The summed E-state index contributed by atoms with van der Waals surface area (Å²) in [4.78, 5) is 18.2. The molecule has 24 heavy (non-hydrogen) atoms. The molecule has 0 heterocycles. The summed E-state index contributed by atoms with van der Waals surface area (Å²) < 4.78 is 25.3. The van der Waals surface area contributed by atoms with Gasteiger partial charge >= 0.3 is 0 Å². The number of sulfonamides is 1. The Bertz CT molecular complexity index is 550. The zero-order valence-corrected chi connectivity index (χ0v) is 17.0. The molecule has 0 radical (unpaired) electrons. The first-order valence-electron chi connectivity index (χ1n) is 7.94. The molecule has 1 amide bonds. The lowest BCUT2D eigenvalue weighted by Crippen LogP contribution is -2.50. The SMILES string of the molecule is CCNC(=NCC(C)(C)NS(C)(=O)=O)N(C)CC(=O)NC(C)(C)C. The van der Waals surface area contributed by atoms with Crippen LogP contribution >= 0.6 is 0 Å². The minimum atomic E-state index is -3.32. The van der Waals surface area contributed by atoms with E-state index in [0.717, 1.165) is 6.26 Å². The lowest BCUT2D eigenvalue weighted by atomic mass is 10.1. The van der Waals surface area contributed by atoms with Crippen LogP contribution < -0.4 is 15.4 Å². The zero-order chi connectivity index (χ0) is 19.2. The van der Waals surface area contributed by atoms with Gasteiger partial charge in [0.2, 0.25) is 15.9 Å². The van der Waals surface area contributed by atoms with E-state index in [2.05, 4.69) is 20.3 Å². The maximum Gasteiger partial charge on any atom is 0.240 e. The number of hydrogen-bond acceptors (Lipinski definition) is 4. The minimum absolute atomic E-state index is 0.107. The predicted molar refractivity (Wildman–Crippen MR) is 98.6 cm³/mol. The summed E-state index contributed by atoms with van der Waals surface area (Å²) in [6.07, 6.45) is 1.12. The average molecular weight is 364 g/mol. The Morgan fingerprint density at radius 1 is 1.17 bits per heavy atom. The summed E-state index contributed by atoms with van der Waals surface area (Å²) in [5, 5.41) is 6.00. The molecule has 0 spiro atoms. The largest absolute Gasteiger partial charge is 0.357 e. The minimum Gasteiger partial charge on any atom is -0.357 e. The van der Waals surface area contributed by atoms with Crippen molar-refractivity contribution < 1.29 is 13.2 Å². The van der Waals surface area contributed by atoms with Gasteiger partial charge < -0.3 is 15.5 Å². The summed E-state index contributed by atoms with van der Waals surface area (Å²) >= 11 is 0. The first-order chi connectivity index (χ1) is 10.7. The monoisotopic (exact) mass is 363 g/mol. The van der Waals surface area contributed by atoms with Crippen LogP contribution in [0.15, 0.2) is 4.99 Å². The molecule has 0 unspecified atom stereocenters. The van der Waals surface area contributed by atoms with Crippen molar-refractivity contribution in [3.63, 3.8) is 0 Å². The molecular formula is C15H33N5O3S. The van der Waals surface area contributed by atoms with Crippen LogP contribution in [-0.4, -0.2) is 69.2 Å². The molecule has 0 atom stereocenters. The first-order valence-corrected chi connectivity index (χ1v) is 9.84. The van der Waals surface area contributed by atoms with Gasteiger partial charge in [0.05, 0.1) is 19.3 Å². The Kier molecular flexibility index (Phi) is 8.17. The highest BCUT2D eigenvalue weighted by Gasteiger charge is 2.23. The lowest BCUT2D eigenvalue weighted by molar-refractivity contribution is -0.122. The molecule has 0 rings (SSSR count). The van der Waals surface area contributed by atoms with Crippen molar-refractivity contribution in [2.45, 2.75) is 52.6 Å². The number of carbonyl (C=O) groups excluding carboxylic acids is 1. The molecule has 0 aliphatic carbocycles. The number of nitrogens with zero attached hydrogens (tertiary/aromatic N) is 2. The first kappa shape index (κ1) is 22.6. The number of hydrogen-bond donors (Lipinski definition) is 3. The second-order valence-corrected chi connectivity index (χ2v) is 9.33. The van der Waals surface area contributed by atoms with E-state index in [0.29, 0.717) is 12.5 Å². The van der Waals surface area contributed by atoms with Crippen molar-refractivity contribution >= 4 is 21.9 Å². The van der Waals surface area contributed by atoms with Gasteiger partial charge in [0, 0.05) is 24.7 Å². The third-order valence-corrected chi connectivity index (χ3v) is 3.60. The fourth-order valence-corrected chi connectivity index (χ4v) is 3.09. The van der Waals surface area contributed by atoms with Crippen LogP contribution in [0.5, 0.6) is 0 Å². The van der Waals surface area contributed by atoms with Crippen LogP contribution in [0.3, 0.4) is 0 Å². The van der Waals surface area contributed by atoms with Gasteiger partial charge in [-0.15, -0.1) is 0 Å². The van der Waals surface area contributed by atoms with Crippen LogP contribution in [0, 0.1) is 0 Å². The highest BCUT2D eigenvalue weighted by Crippen LogP contribution is 2.05.